The molecule has 1 saturated carbocycles. The van der Waals surface area contributed by atoms with Crippen molar-refractivity contribution in [3.63, 3.8) is 0 Å². The molecule has 3 rings (SSSR count). The molecule has 1 aliphatic carbocycles. The first-order chi connectivity index (χ1) is 11.6. The SMILES string of the molecule is O=C(NCC1COC2(CCCCC2)O1)C(=O)Nc1cccc(Cl)c1. The van der Waals surface area contributed by atoms with Gasteiger partial charge in [0.15, 0.2) is 5.79 Å². The Bertz CT molecular complexity index is 616. The van der Waals surface area contributed by atoms with E-state index in [-0.39, 0.29) is 12.6 Å². The Morgan fingerprint density at radius 2 is 2.00 bits per heavy atom. The maximum atomic E-state index is 11.9. The lowest BCUT2D eigenvalue weighted by atomic mass is 9.94. The van der Waals surface area contributed by atoms with Gasteiger partial charge in [-0.25, -0.2) is 0 Å². The number of amides is 2. The second-order valence-corrected chi connectivity index (χ2v) is 6.63. The minimum absolute atomic E-state index is 0.217. The minimum atomic E-state index is -0.733. The van der Waals surface area contributed by atoms with E-state index in [1.165, 1.54) is 6.42 Å². The van der Waals surface area contributed by atoms with E-state index in [0.717, 1.165) is 25.7 Å². The van der Waals surface area contributed by atoms with E-state index in [2.05, 4.69) is 10.6 Å². The number of nitrogens with one attached hydrogen (secondary N) is 2. The van der Waals surface area contributed by atoms with E-state index in [0.29, 0.717) is 17.3 Å². The van der Waals surface area contributed by atoms with Gasteiger partial charge in [-0.3, -0.25) is 9.59 Å². The predicted octanol–water partition coefficient (Wildman–Crippen LogP) is 2.47. The first-order valence-electron chi connectivity index (χ1n) is 8.23. The normalized spacial score (nSPS) is 22.3. The maximum absolute atomic E-state index is 11.9. The molecule has 24 heavy (non-hydrogen) atoms. The standard InChI is InChI=1S/C17H21ClN2O4/c18-12-5-4-6-13(9-12)20-16(22)15(21)19-10-14-11-23-17(24-14)7-2-1-3-8-17/h4-6,9,14H,1-3,7-8,10-11H2,(H,19,21)(H,20,22). The topological polar surface area (TPSA) is 76.7 Å². The molecule has 1 spiro atoms. The van der Waals surface area contributed by atoms with Crippen LogP contribution in [-0.4, -0.2) is 36.9 Å². The van der Waals surface area contributed by atoms with Gasteiger partial charge in [0.05, 0.1) is 6.61 Å². The molecule has 1 aromatic carbocycles. The van der Waals surface area contributed by atoms with Crippen LogP contribution in [0.25, 0.3) is 0 Å². The zero-order chi connectivity index (χ0) is 17.0. The van der Waals surface area contributed by atoms with Crippen molar-refractivity contribution in [1.82, 2.24) is 5.32 Å². The molecule has 1 heterocycles. The Hall–Kier alpha value is -1.63. The highest BCUT2D eigenvalue weighted by molar-refractivity contribution is 6.39. The molecule has 0 aromatic heterocycles. The second-order valence-electron chi connectivity index (χ2n) is 6.20. The Kier molecular flexibility index (Phi) is 5.38. The number of carbonyl (C=O) groups is 2. The lowest BCUT2D eigenvalue weighted by Gasteiger charge is -2.31. The third kappa shape index (κ3) is 4.26. The molecule has 1 aromatic rings. The number of anilines is 1. The van der Waals surface area contributed by atoms with Gasteiger partial charge in [-0.05, 0) is 31.0 Å². The van der Waals surface area contributed by atoms with Gasteiger partial charge in [0.25, 0.3) is 0 Å². The summed E-state index contributed by atoms with van der Waals surface area (Å²) in [6.45, 7) is 0.694. The molecule has 1 aliphatic heterocycles. The zero-order valence-electron chi connectivity index (χ0n) is 13.3. The molecule has 2 aliphatic rings. The van der Waals surface area contributed by atoms with E-state index in [1.54, 1.807) is 24.3 Å². The van der Waals surface area contributed by atoms with Crippen molar-refractivity contribution in [1.29, 1.82) is 0 Å². The highest BCUT2D eigenvalue weighted by atomic mass is 35.5. The van der Waals surface area contributed by atoms with Crippen molar-refractivity contribution in [3.8, 4) is 0 Å². The molecule has 1 saturated heterocycles. The molecule has 130 valence electrons. The summed E-state index contributed by atoms with van der Waals surface area (Å²) in [5.74, 6) is -1.91. The van der Waals surface area contributed by atoms with Crippen molar-refractivity contribution in [2.45, 2.75) is 44.0 Å². The van der Waals surface area contributed by atoms with Gasteiger partial charge in [-0.2, -0.15) is 0 Å². The van der Waals surface area contributed by atoms with Crippen LogP contribution in [0.2, 0.25) is 5.02 Å². The molecule has 0 bridgehead atoms. The number of hydrogen-bond acceptors (Lipinski definition) is 4. The fourth-order valence-electron chi connectivity index (χ4n) is 3.11. The van der Waals surface area contributed by atoms with Gasteiger partial charge < -0.3 is 20.1 Å². The number of halogens is 1. The van der Waals surface area contributed by atoms with E-state index < -0.39 is 17.6 Å². The minimum Gasteiger partial charge on any atom is -0.347 e. The third-order valence-corrected chi connectivity index (χ3v) is 4.54. The van der Waals surface area contributed by atoms with Crippen molar-refractivity contribution in [2.24, 2.45) is 0 Å². The lowest BCUT2D eigenvalue weighted by molar-refractivity contribution is -0.186. The summed E-state index contributed by atoms with van der Waals surface area (Å²) in [6.07, 6.45) is 4.98. The number of benzene rings is 1. The number of hydrogen-bond donors (Lipinski definition) is 2. The van der Waals surface area contributed by atoms with Crippen LogP contribution in [0.4, 0.5) is 5.69 Å². The molecular weight excluding hydrogens is 332 g/mol. The van der Waals surface area contributed by atoms with E-state index in [4.69, 9.17) is 21.1 Å². The van der Waals surface area contributed by atoms with Crippen LogP contribution in [-0.2, 0) is 19.1 Å². The molecule has 2 N–H and O–H groups in total. The van der Waals surface area contributed by atoms with E-state index >= 15 is 0 Å². The highest BCUT2D eigenvalue weighted by Gasteiger charge is 2.42. The molecule has 0 radical (unpaired) electrons. The molecule has 2 amide bonds. The van der Waals surface area contributed by atoms with Crippen LogP contribution in [0, 0.1) is 0 Å². The summed E-state index contributed by atoms with van der Waals surface area (Å²) < 4.78 is 11.8. The Morgan fingerprint density at radius 3 is 2.75 bits per heavy atom. The summed E-state index contributed by atoms with van der Waals surface area (Å²) in [6, 6.07) is 6.63. The van der Waals surface area contributed by atoms with Gasteiger partial charge >= 0.3 is 11.8 Å². The molecule has 1 atom stereocenters. The van der Waals surface area contributed by atoms with Gasteiger partial charge in [-0.15, -0.1) is 0 Å². The van der Waals surface area contributed by atoms with Crippen LogP contribution in [0.3, 0.4) is 0 Å². The second kappa shape index (κ2) is 7.51. The predicted molar refractivity (Wildman–Crippen MR) is 89.7 cm³/mol. The lowest BCUT2D eigenvalue weighted by Crippen LogP contribution is -2.41. The average Bonchev–Trinajstić information content (AvgIpc) is 2.96. The molecule has 1 unspecified atom stereocenters. The van der Waals surface area contributed by atoms with E-state index in [9.17, 15) is 9.59 Å². The van der Waals surface area contributed by atoms with Crippen molar-refractivity contribution >= 4 is 29.1 Å². The Balaban J connectivity index is 1.44. The Labute approximate surface area is 145 Å². The van der Waals surface area contributed by atoms with Crippen LogP contribution in [0.1, 0.15) is 32.1 Å². The molecule has 2 fully saturated rings. The number of ether oxygens (including phenoxy) is 2. The first kappa shape index (κ1) is 17.2. The van der Waals surface area contributed by atoms with Crippen LogP contribution < -0.4 is 10.6 Å². The van der Waals surface area contributed by atoms with Crippen LogP contribution in [0.5, 0.6) is 0 Å². The van der Waals surface area contributed by atoms with Crippen molar-refractivity contribution < 1.29 is 19.1 Å². The molecule has 7 heteroatoms. The first-order valence-corrected chi connectivity index (χ1v) is 8.61. The Morgan fingerprint density at radius 1 is 1.21 bits per heavy atom. The summed E-state index contributed by atoms with van der Waals surface area (Å²) in [4.78, 5) is 23.8. The van der Waals surface area contributed by atoms with Crippen LogP contribution in [0.15, 0.2) is 24.3 Å². The van der Waals surface area contributed by atoms with Gasteiger partial charge in [0.2, 0.25) is 0 Å². The van der Waals surface area contributed by atoms with Gasteiger partial charge in [0.1, 0.15) is 6.10 Å². The monoisotopic (exact) mass is 352 g/mol. The summed E-state index contributed by atoms with van der Waals surface area (Å²) in [5.41, 5.74) is 0.476. The number of rotatable bonds is 3. The van der Waals surface area contributed by atoms with E-state index in [1.807, 2.05) is 0 Å². The fraction of sp³-hybridized carbons (Fsp3) is 0.529. The quantitative estimate of drug-likeness (QED) is 0.819. The summed E-state index contributed by atoms with van der Waals surface area (Å²) >= 11 is 5.84. The maximum Gasteiger partial charge on any atom is 0.313 e. The largest absolute Gasteiger partial charge is 0.347 e. The third-order valence-electron chi connectivity index (χ3n) is 4.31. The van der Waals surface area contributed by atoms with Crippen LogP contribution >= 0.6 is 11.6 Å². The molecular formula is C17H21ClN2O4. The fourth-order valence-corrected chi connectivity index (χ4v) is 3.30. The summed E-state index contributed by atoms with van der Waals surface area (Å²) in [5, 5.41) is 5.59. The molecule has 6 nitrogen and oxygen atoms in total. The number of carbonyl (C=O) groups excluding carboxylic acids is 2. The van der Waals surface area contributed by atoms with Gasteiger partial charge in [-0.1, -0.05) is 24.1 Å². The van der Waals surface area contributed by atoms with Crippen molar-refractivity contribution in [3.05, 3.63) is 29.3 Å². The average molecular weight is 353 g/mol. The summed E-state index contributed by atoms with van der Waals surface area (Å²) in [7, 11) is 0. The van der Waals surface area contributed by atoms with Gasteiger partial charge in [0, 0.05) is 30.1 Å². The zero-order valence-corrected chi connectivity index (χ0v) is 14.1. The van der Waals surface area contributed by atoms with Crippen molar-refractivity contribution in [2.75, 3.05) is 18.5 Å². The smallest absolute Gasteiger partial charge is 0.313 e. The highest BCUT2D eigenvalue weighted by Crippen LogP contribution is 2.37.